The number of carbonyl (C=O) groups is 2. The minimum absolute atomic E-state index is 0.133. The molecule has 6 nitrogen and oxygen atoms in total. The second-order valence-corrected chi connectivity index (χ2v) is 10.0. The molecule has 1 aliphatic rings. The maximum atomic E-state index is 11.9. The van der Waals surface area contributed by atoms with Crippen LogP contribution in [0.2, 0.25) is 0 Å². The number of hydrogen-bond donors (Lipinski definition) is 2. The zero-order chi connectivity index (χ0) is 24.0. The summed E-state index contributed by atoms with van der Waals surface area (Å²) >= 11 is 0. The van der Waals surface area contributed by atoms with Crippen LogP contribution in [0.15, 0.2) is 23.9 Å². The second-order valence-electron chi connectivity index (χ2n) is 10.0. The van der Waals surface area contributed by atoms with Gasteiger partial charge in [0.15, 0.2) is 0 Å². The fourth-order valence-corrected chi connectivity index (χ4v) is 4.92. The van der Waals surface area contributed by atoms with Crippen LogP contribution in [0.4, 0.5) is 0 Å². The minimum atomic E-state index is -0.271. The van der Waals surface area contributed by atoms with Crippen LogP contribution in [-0.4, -0.2) is 44.3 Å². The molecule has 184 valence electrons. The van der Waals surface area contributed by atoms with Crippen LogP contribution in [-0.2, 0) is 19.1 Å². The molecule has 32 heavy (non-hydrogen) atoms. The third-order valence-electron chi connectivity index (χ3n) is 5.80. The number of allylic oxidation sites excluding steroid dienone is 2. The van der Waals surface area contributed by atoms with E-state index in [-0.39, 0.29) is 22.8 Å². The first kappa shape index (κ1) is 28.2. The van der Waals surface area contributed by atoms with Crippen molar-refractivity contribution in [1.82, 2.24) is 10.6 Å². The van der Waals surface area contributed by atoms with Crippen LogP contribution in [0.3, 0.4) is 0 Å². The monoisotopic (exact) mass is 450 g/mol. The summed E-state index contributed by atoms with van der Waals surface area (Å²) in [6.45, 7) is 15.3. The number of carbonyl (C=O) groups excluding carboxylic acids is 2. The van der Waals surface area contributed by atoms with Crippen LogP contribution >= 0.6 is 0 Å². The van der Waals surface area contributed by atoms with Crippen LogP contribution in [0.25, 0.3) is 0 Å². The quantitative estimate of drug-likeness (QED) is 0.223. The van der Waals surface area contributed by atoms with E-state index in [1.165, 1.54) is 0 Å². The van der Waals surface area contributed by atoms with Crippen molar-refractivity contribution in [2.45, 2.75) is 92.5 Å². The van der Waals surface area contributed by atoms with E-state index in [9.17, 15) is 9.59 Å². The van der Waals surface area contributed by atoms with E-state index in [0.717, 1.165) is 50.9 Å². The first-order valence-corrected chi connectivity index (χ1v) is 12.3. The molecule has 6 heteroatoms. The van der Waals surface area contributed by atoms with Gasteiger partial charge in [-0.3, -0.25) is 4.79 Å². The Hall–Kier alpha value is -1.82. The molecule has 0 amide bonds. The summed E-state index contributed by atoms with van der Waals surface area (Å²) in [5, 5.41) is 7.25. The summed E-state index contributed by atoms with van der Waals surface area (Å²) in [4.78, 5) is 23.3. The highest BCUT2D eigenvalue weighted by Gasteiger charge is 2.40. The lowest BCUT2D eigenvalue weighted by Crippen LogP contribution is -2.48. The number of nitrogens with one attached hydrogen (secondary N) is 2. The van der Waals surface area contributed by atoms with Crippen molar-refractivity contribution in [2.24, 2.45) is 10.8 Å². The van der Waals surface area contributed by atoms with Crippen molar-refractivity contribution in [1.29, 1.82) is 0 Å². The smallest absolute Gasteiger partial charge is 0.332 e. The van der Waals surface area contributed by atoms with Crippen molar-refractivity contribution >= 4 is 11.9 Å². The molecule has 1 rings (SSSR count). The number of ether oxygens (including phenoxy) is 2. The predicted octanol–water partition coefficient (Wildman–Crippen LogP) is 4.90. The zero-order valence-electron chi connectivity index (χ0n) is 21.2. The van der Waals surface area contributed by atoms with E-state index in [0.29, 0.717) is 32.1 Å². The van der Waals surface area contributed by atoms with Gasteiger partial charge in [0.1, 0.15) is 0 Å². The molecule has 0 aliphatic heterocycles. The molecule has 0 bridgehead atoms. The summed E-state index contributed by atoms with van der Waals surface area (Å²) in [6, 6.07) is 0.434. The van der Waals surface area contributed by atoms with Gasteiger partial charge in [-0.25, -0.2) is 4.79 Å². The van der Waals surface area contributed by atoms with E-state index in [2.05, 4.69) is 50.5 Å². The Bertz CT molecular complexity index is 642. The van der Waals surface area contributed by atoms with Gasteiger partial charge in [-0.1, -0.05) is 46.3 Å². The highest BCUT2D eigenvalue weighted by atomic mass is 16.5. The van der Waals surface area contributed by atoms with Crippen molar-refractivity contribution in [3.63, 3.8) is 0 Å². The number of hydrogen-bond acceptors (Lipinski definition) is 6. The van der Waals surface area contributed by atoms with E-state index in [4.69, 9.17) is 9.47 Å². The van der Waals surface area contributed by atoms with Crippen LogP contribution < -0.4 is 10.6 Å². The van der Waals surface area contributed by atoms with Crippen molar-refractivity contribution in [2.75, 3.05) is 26.3 Å². The molecule has 0 radical (unpaired) electrons. The van der Waals surface area contributed by atoms with E-state index >= 15 is 0 Å². The average Bonchev–Trinajstić information content (AvgIpc) is 2.68. The largest absolute Gasteiger partial charge is 0.466 e. The summed E-state index contributed by atoms with van der Waals surface area (Å²) < 4.78 is 10.0. The molecular weight excluding hydrogens is 404 g/mol. The molecular formula is C26H46N2O4. The average molecular weight is 451 g/mol. The molecule has 0 saturated heterocycles. The molecule has 2 atom stereocenters. The molecule has 1 fully saturated rings. The van der Waals surface area contributed by atoms with Gasteiger partial charge in [0.05, 0.1) is 13.2 Å². The Morgan fingerprint density at radius 2 is 1.72 bits per heavy atom. The molecule has 0 spiro atoms. The molecule has 0 aromatic rings. The van der Waals surface area contributed by atoms with Gasteiger partial charge in [0.25, 0.3) is 0 Å². The summed E-state index contributed by atoms with van der Waals surface area (Å²) in [5.41, 5.74) is 1.34. The topological polar surface area (TPSA) is 76.7 Å². The standard InChI is InChI=1S/C26H46N2O4/c1-7-13-21(16-24(30)32-9-3)28-20-26(6)18-22(17-25(4,5)19-26)27-15-12-10-11-14-23(29)31-8-2/h10,12,16,22,27-28H,7-9,11,13-15,17-20H2,1-6H3. The maximum Gasteiger partial charge on any atom is 0.332 e. The second kappa shape index (κ2) is 14.4. The van der Waals surface area contributed by atoms with Gasteiger partial charge < -0.3 is 20.1 Å². The maximum absolute atomic E-state index is 11.9. The van der Waals surface area contributed by atoms with Gasteiger partial charge >= 0.3 is 11.9 Å². The third-order valence-corrected chi connectivity index (χ3v) is 5.80. The predicted molar refractivity (Wildman–Crippen MR) is 130 cm³/mol. The fourth-order valence-electron chi connectivity index (χ4n) is 4.92. The molecule has 0 heterocycles. The van der Waals surface area contributed by atoms with Crippen LogP contribution in [0, 0.1) is 10.8 Å². The molecule has 2 unspecified atom stereocenters. The lowest BCUT2D eigenvalue weighted by Gasteiger charge is -2.47. The zero-order valence-corrected chi connectivity index (χ0v) is 21.2. The third kappa shape index (κ3) is 11.7. The van der Waals surface area contributed by atoms with Gasteiger partial charge in [-0.2, -0.15) is 0 Å². The molecule has 1 saturated carbocycles. The molecule has 0 aromatic heterocycles. The number of rotatable bonds is 14. The highest BCUT2D eigenvalue weighted by Crippen LogP contribution is 2.45. The summed E-state index contributed by atoms with van der Waals surface area (Å²) in [7, 11) is 0. The summed E-state index contributed by atoms with van der Waals surface area (Å²) in [6.07, 6.45) is 12.1. The molecule has 2 N–H and O–H groups in total. The lowest BCUT2D eigenvalue weighted by molar-refractivity contribution is -0.143. The molecule has 0 aromatic carbocycles. The Morgan fingerprint density at radius 3 is 2.38 bits per heavy atom. The van der Waals surface area contributed by atoms with Gasteiger partial charge in [0, 0.05) is 37.3 Å². The Labute approximate surface area is 195 Å². The minimum Gasteiger partial charge on any atom is -0.466 e. The van der Waals surface area contributed by atoms with Crippen molar-refractivity contribution in [3.05, 3.63) is 23.9 Å². The highest BCUT2D eigenvalue weighted by molar-refractivity contribution is 5.82. The first-order chi connectivity index (χ1) is 15.1. The van der Waals surface area contributed by atoms with E-state index < -0.39 is 0 Å². The van der Waals surface area contributed by atoms with Crippen molar-refractivity contribution < 1.29 is 19.1 Å². The van der Waals surface area contributed by atoms with Gasteiger partial charge in [0.2, 0.25) is 0 Å². The van der Waals surface area contributed by atoms with Crippen molar-refractivity contribution in [3.8, 4) is 0 Å². The lowest BCUT2D eigenvalue weighted by atomic mass is 9.62. The Kier molecular flexibility index (Phi) is 12.7. The first-order valence-electron chi connectivity index (χ1n) is 12.3. The SMILES string of the molecule is CCCC(=CC(=O)OCC)NCC1(C)CC(NCC=CCCC(=O)OCC)CC(C)(C)C1. The number of esters is 2. The Balaban J connectivity index is 2.61. The fraction of sp³-hybridized carbons (Fsp3) is 0.769. The normalized spacial score (nSPS) is 23.2. The van der Waals surface area contributed by atoms with E-state index in [1.807, 2.05) is 13.8 Å². The van der Waals surface area contributed by atoms with E-state index in [1.54, 1.807) is 6.08 Å². The Morgan fingerprint density at radius 1 is 1.00 bits per heavy atom. The molecule has 1 aliphatic carbocycles. The van der Waals surface area contributed by atoms with Gasteiger partial charge in [-0.05, 0) is 56.8 Å². The van der Waals surface area contributed by atoms with Crippen LogP contribution in [0.5, 0.6) is 0 Å². The summed E-state index contributed by atoms with van der Waals surface area (Å²) in [5.74, 6) is -0.409. The van der Waals surface area contributed by atoms with Crippen LogP contribution in [0.1, 0.15) is 86.5 Å². The van der Waals surface area contributed by atoms with Gasteiger partial charge in [-0.15, -0.1) is 0 Å².